The summed E-state index contributed by atoms with van der Waals surface area (Å²) in [5.41, 5.74) is 3.94. The van der Waals surface area contributed by atoms with Crippen LogP contribution in [-0.2, 0) is 44.8 Å². The summed E-state index contributed by atoms with van der Waals surface area (Å²) in [7, 11) is 2.96. The fourth-order valence-electron chi connectivity index (χ4n) is 15.0. The fourth-order valence-corrected chi connectivity index (χ4v) is 15.0. The predicted molar refractivity (Wildman–Crippen MR) is 352 cm³/mol. The molecular formula is C71H87N9O16. The van der Waals surface area contributed by atoms with E-state index >= 15 is 0 Å². The number of hydrogen-bond acceptors (Lipinski definition) is 17. The number of anilines is 2. The Labute approximate surface area is 558 Å². The van der Waals surface area contributed by atoms with Crippen LogP contribution in [0.15, 0.2) is 89.2 Å². The number of aliphatic hydroxyl groups is 1. The van der Waals surface area contributed by atoms with Crippen LogP contribution in [0.2, 0.25) is 0 Å². The third kappa shape index (κ3) is 13.7. The zero-order chi connectivity index (χ0) is 68.4. The SMILES string of the molecule is COc1cc2c(cc1OCCCCCOc1cc3c(cc1OC)C(=O)N1C=C(C)C[C@H]1[C@H](O)N3C(=O)OCc1ccc(NC(=O)[C@H](C)NC(=O)[C@@H](NC(=O)CCOCCNC(=O)CCN3C(=O)C4C(C3=O)C3C=CC4C34CC4C(C)C)C(C)C)cc1)N=C[C@@H]1CC(C)=CN1C2=O. The number of nitrogens with zero attached hydrogens (tertiary/aromatic N) is 5. The number of fused-ring (bicyclic) bond motifs is 7. The van der Waals surface area contributed by atoms with Crippen molar-refractivity contribution < 1.29 is 76.7 Å². The van der Waals surface area contributed by atoms with Gasteiger partial charge in [-0.2, -0.15) is 0 Å². The normalized spacial score (nSPS) is 24.5. The number of benzene rings is 3. The lowest BCUT2D eigenvalue weighted by molar-refractivity contribution is -0.141. The van der Waals surface area contributed by atoms with E-state index in [1.807, 2.05) is 20.0 Å². The van der Waals surface area contributed by atoms with Crippen molar-refractivity contribution in [2.45, 2.75) is 137 Å². The maximum absolute atomic E-state index is 14.3. The number of amides is 9. The highest BCUT2D eigenvalue weighted by atomic mass is 16.6. The van der Waals surface area contributed by atoms with Gasteiger partial charge < -0.3 is 64.6 Å². The maximum Gasteiger partial charge on any atom is 0.416 e. The van der Waals surface area contributed by atoms with E-state index < -0.39 is 54.1 Å². The van der Waals surface area contributed by atoms with Crippen molar-refractivity contribution in [3.63, 3.8) is 0 Å². The number of aliphatic imine (C=N–C) groups is 1. The number of imide groups is 1. The van der Waals surface area contributed by atoms with Crippen molar-refractivity contribution in [2.24, 2.45) is 51.8 Å². The molecule has 3 aromatic carbocycles. The highest BCUT2D eigenvalue weighted by Crippen LogP contribution is 2.77. The Kier molecular flexibility index (Phi) is 20.4. The van der Waals surface area contributed by atoms with Crippen LogP contribution < -0.4 is 45.1 Å². The first-order chi connectivity index (χ1) is 46.0. The van der Waals surface area contributed by atoms with Crippen molar-refractivity contribution >= 4 is 76.6 Å². The van der Waals surface area contributed by atoms with Gasteiger partial charge in [0.2, 0.25) is 35.4 Å². The summed E-state index contributed by atoms with van der Waals surface area (Å²) in [6.45, 7) is 13.8. The van der Waals surface area contributed by atoms with Gasteiger partial charge in [-0.05, 0) is 124 Å². The van der Waals surface area contributed by atoms with Gasteiger partial charge in [-0.25, -0.2) is 9.69 Å². The number of carbonyl (C=O) groups is 9. The van der Waals surface area contributed by atoms with Crippen LogP contribution >= 0.6 is 0 Å². The van der Waals surface area contributed by atoms with E-state index in [1.165, 1.54) is 43.1 Å². The Bertz CT molecular complexity index is 3660. The van der Waals surface area contributed by atoms with Gasteiger partial charge >= 0.3 is 6.09 Å². The lowest BCUT2D eigenvalue weighted by Gasteiger charge is -2.31. The second-order valence-corrected chi connectivity index (χ2v) is 27.0. The number of nitrogens with one attached hydrogen (secondary N) is 4. The molecule has 25 heteroatoms. The minimum Gasteiger partial charge on any atom is -0.493 e. The number of likely N-dealkylation sites (tertiary alicyclic amines) is 1. The first-order valence-electron chi connectivity index (χ1n) is 33.3. The molecule has 5 heterocycles. The summed E-state index contributed by atoms with van der Waals surface area (Å²) in [4.78, 5) is 132. The molecule has 10 atom stereocenters. The minimum absolute atomic E-state index is 0.00396. The van der Waals surface area contributed by atoms with E-state index in [1.54, 1.807) is 67.6 Å². The molecule has 1 saturated heterocycles. The van der Waals surface area contributed by atoms with Gasteiger partial charge in [0.1, 0.15) is 18.7 Å². The molecule has 2 saturated carbocycles. The van der Waals surface area contributed by atoms with Crippen LogP contribution in [-0.4, -0.2) is 164 Å². The molecule has 11 rings (SSSR count). The molecule has 5 aliphatic heterocycles. The Hall–Kier alpha value is -9.10. The summed E-state index contributed by atoms with van der Waals surface area (Å²) >= 11 is 0. The van der Waals surface area contributed by atoms with E-state index in [0.29, 0.717) is 78.1 Å². The number of hydrogen-bond donors (Lipinski definition) is 5. The van der Waals surface area contributed by atoms with Gasteiger partial charge in [-0.3, -0.25) is 48.2 Å². The molecule has 3 aromatic rings. The van der Waals surface area contributed by atoms with Crippen molar-refractivity contribution in [2.75, 3.05) is 64.0 Å². The van der Waals surface area contributed by atoms with Crippen LogP contribution in [0.25, 0.3) is 0 Å². The molecule has 96 heavy (non-hydrogen) atoms. The molecule has 9 amide bonds. The predicted octanol–water partition coefficient (Wildman–Crippen LogP) is 7.34. The van der Waals surface area contributed by atoms with Gasteiger partial charge in [0, 0.05) is 62.4 Å². The highest BCUT2D eigenvalue weighted by molar-refractivity contribution is 6.08. The number of rotatable bonds is 28. The molecule has 0 aromatic heterocycles. The molecule has 512 valence electrons. The van der Waals surface area contributed by atoms with Crippen molar-refractivity contribution in [3.8, 4) is 23.0 Å². The van der Waals surface area contributed by atoms with E-state index in [9.17, 15) is 48.3 Å². The quantitative estimate of drug-likeness (QED) is 0.0270. The lowest BCUT2D eigenvalue weighted by Crippen LogP contribution is -2.53. The van der Waals surface area contributed by atoms with E-state index in [4.69, 9.17) is 28.4 Å². The van der Waals surface area contributed by atoms with E-state index in [-0.39, 0.29) is 140 Å². The van der Waals surface area contributed by atoms with Gasteiger partial charge in [0.25, 0.3) is 11.8 Å². The Morgan fingerprint density at radius 1 is 0.708 bits per heavy atom. The molecule has 5 unspecified atom stereocenters. The topological polar surface area (TPSA) is 303 Å². The van der Waals surface area contributed by atoms with Crippen LogP contribution in [0.3, 0.4) is 0 Å². The van der Waals surface area contributed by atoms with Crippen molar-refractivity contribution in [1.29, 1.82) is 0 Å². The fraction of sp³-hybridized carbons (Fsp3) is 0.521. The Morgan fingerprint density at radius 2 is 1.34 bits per heavy atom. The third-order valence-corrected chi connectivity index (χ3v) is 19.9. The number of ether oxygens (including phenoxy) is 6. The summed E-state index contributed by atoms with van der Waals surface area (Å²) < 4.78 is 35.1. The highest BCUT2D eigenvalue weighted by Gasteiger charge is 2.77. The molecule has 3 aliphatic carbocycles. The van der Waals surface area contributed by atoms with E-state index in [2.05, 4.69) is 52.3 Å². The maximum atomic E-state index is 14.3. The van der Waals surface area contributed by atoms with Gasteiger partial charge in [0.15, 0.2) is 29.2 Å². The van der Waals surface area contributed by atoms with E-state index in [0.717, 1.165) is 28.9 Å². The standard InChI is InChI=1S/C71H87N9O16/c1-38(2)50-33-71(50)48-17-18-49(71)61-60(48)68(88)77(69(61)89)22-19-58(81)72-21-26-93-25-20-59(82)76-62(39(3)4)64(84)74-42(7)63(83)75-44-15-13-43(14-16-44)37-96-70(90)80-52-32-57(55(92-9)30-47(52)66(86)79-36-41(6)28-53(79)67(80)87)95-24-12-10-11-23-94-56-31-51-46(29-54(56)91-8)65(85)78-35-40(5)27-45(78)34-73-51/h13-18,29-32,34-36,38-39,42,45,48-50,53,60-62,67,87H,10-12,19-28,33,37H2,1-9H3,(H,72,81)(H,74,84)(H,75,83)(H,76,82)/t42-,45-,48?,49?,50?,53-,60?,61?,62-,67-,71?/m0/s1. The molecule has 1 spiro atoms. The number of unbranched alkanes of at least 4 members (excludes halogenated alkanes) is 2. The van der Waals surface area contributed by atoms with Crippen LogP contribution in [0.5, 0.6) is 23.0 Å². The Balaban J connectivity index is 0.606. The molecule has 25 nitrogen and oxygen atoms in total. The minimum atomic E-state index is -1.53. The third-order valence-electron chi connectivity index (χ3n) is 19.9. The first-order valence-corrected chi connectivity index (χ1v) is 33.3. The summed E-state index contributed by atoms with van der Waals surface area (Å²) in [5, 5.41) is 22.9. The summed E-state index contributed by atoms with van der Waals surface area (Å²) in [5.74, 6) is -1.30. The van der Waals surface area contributed by atoms with Crippen molar-refractivity contribution in [1.82, 2.24) is 30.7 Å². The number of carbonyl (C=O) groups excluding carboxylic acids is 9. The average Bonchev–Trinajstić information content (AvgIpc) is 1.49. The first kappa shape index (κ1) is 68.3. The molecule has 2 bridgehead atoms. The van der Waals surface area contributed by atoms with Crippen LogP contribution in [0.1, 0.15) is 126 Å². The molecule has 0 radical (unpaired) electrons. The summed E-state index contributed by atoms with van der Waals surface area (Å²) in [6.07, 6.45) is 11.0. The molecule has 3 fully saturated rings. The van der Waals surface area contributed by atoms with Crippen LogP contribution in [0, 0.1) is 46.8 Å². The largest absolute Gasteiger partial charge is 0.493 e. The van der Waals surface area contributed by atoms with Gasteiger partial charge in [0.05, 0.1) is 87.1 Å². The summed E-state index contributed by atoms with van der Waals surface area (Å²) in [6, 6.07) is 9.84. The second-order valence-electron chi connectivity index (χ2n) is 27.0. The number of methoxy groups -OCH3 is 2. The molecular weight excluding hydrogens is 1230 g/mol. The molecule has 8 aliphatic rings. The molecule has 5 N–H and O–H groups in total. The van der Waals surface area contributed by atoms with Crippen LogP contribution in [0.4, 0.5) is 21.9 Å². The zero-order valence-electron chi connectivity index (χ0n) is 55.8. The zero-order valence-corrected chi connectivity index (χ0v) is 55.8. The lowest BCUT2D eigenvalue weighted by atomic mass is 9.84. The number of allylic oxidation sites excluding steroid dienone is 2. The van der Waals surface area contributed by atoms with Gasteiger partial charge in [-0.15, -0.1) is 0 Å². The Morgan fingerprint density at radius 3 is 1.99 bits per heavy atom. The van der Waals surface area contributed by atoms with Crippen molar-refractivity contribution in [3.05, 3.63) is 101 Å². The average molecular weight is 1320 g/mol. The second kappa shape index (κ2) is 28.7. The monoisotopic (exact) mass is 1320 g/mol. The smallest absolute Gasteiger partial charge is 0.416 e. The van der Waals surface area contributed by atoms with Gasteiger partial charge in [-0.1, -0.05) is 63.1 Å². The number of aliphatic hydroxyl groups excluding tert-OH is 1.